The Labute approximate surface area is 152 Å². The van der Waals surface area contributed by atoms with Gasteiger partial charge in [-0.2, -0.15) is 9.61 Å². The van der Waals surface area contributed by atoms with Crippen LogP contribution in [0.3, 0.4) is 0 Å². The van der Waals surface area contributed by atoms with Crippen molar-refractivity contribution in [2.45, 2.75) is 0 Å². The summed E-state index contributed by atoms with van der Waals surface area (Å²) in [5.41, 5.74) is 6.95. The van der Waals surface area contributed by atoms with Crippen molar-refractivity contribution in [3.63, 3.8) is 0 Å². The van der Waals surface area contributed by atoms with E-state index in [2.05, 4.69) is 10.4 Å². The standard InChI is InChI=1S/C19H15N5O3/c1-23-15-8-7-12(21-18(26)11-5-3-2-4-6-11)9-13(15)19(27)24-16(23)10-14(22-24)17(20)25/h2-10H,1H3,(H2,20,25)(H,21,26). The Morgan fingerprint density at radius 1 is 1.07 bits per heavy atom. The third kappa shape index (κ3) is 2.73. The molecule has 0 spiro atoms. The van der Waals surface area contributed by atoms with Crippen molar-refractivity contribution in [1.29, 1.82) is 0 Å². The van der Waals surface area contributed by atoms with E-state index in [4.69, 9.17) is 5.73 Å². The average Bonchev–Trinajstić information content (AvgIpc) is 3.13. The maximum Gasteiger partial charge on any atom is 0.282 e. The fraction of sp³-hybridized carbons (Fsp3) is 0.0526. The summed E-state index contributed by atoms with van der Waals surface area (Å²) in [7, 11) is 1.76. The van der Waals surface area contributed by atoms with Crippen molar-refractivity contribution in [1.82, 2.24) is 14.2 Å². The highest BCUT2D eigenvalue weighted by Gasteiger charge is 2.15. The third-order valence-electron chi connectivity index (χ3n) is 4.36. The lowest BCUT2D eigenvalue weighted by atomic mass is 10.2. The highest BCUT2D eigenvalue weighted by atomic mass is 16.2. The second-order valence-corrected chi connectivity index (χ2v) is 6.08. The average molecular weight is 361 g/mol. The SMILES string of the molecule is Cn1c2ccc(NC(=O)c3ccccc3)cc2c(=O)n2nc(C(N)=O)cc12. The summed E-state index contributed by atoms with van der Waals surface area (Å²) in [6.45, 7) is 0. The Bertz CT molecular complexity index is 1270. The minimum atomic E-state index is -0.710. The summed E-state index contributed by atoms with van der Waals surface area (Å²) in [4.78, 5) is 36.5. The first-order valence-electron chi connectivity index (χ1n) is 8.14. The van der Waals surface area contributed by atoms with E-state index in [-0.39, 0.29) is 11.6 Å². The molecule has 0 radical (unpaired) electrons. The molecule has 2 aromatic heterocycles. The third-order valence-corrected chi connectivity index (χ3v) is 4.36. The predicted octanol–water partition coefficient (Wildman–Crippen LogP) is 1.54. The van der Waals surface area contributed by atoms with Crippen LogP contribution in [0.5, 0.6) is 0 Å². The van der Waals surface area contributed by atoms with E-state index in [0.717, 1.165) is 4.52 Å². The van der Waals surface area contributed by atoms with Gasteiger partial charge in [-0.05, 0) is 30.3 Å². The van der Waals surface area contributed by atoms with Gasteiger partial charge < -0.3 is 15.6 Å². The zero-order valence-electron chi connectivity index (χ0n) is 14.3. The summed E-state index contributed by atoms with van der Waals surface area (Å²) in [6.07, 6.45) is 0. The van der Waals surface area contributed by atoms with E-state index in [1.807, 2.05) is 6.07 Å². The van der Waals surface area contributed by atoms with E-state index in [1.54, 1.807) is 54.1 Å². The van der Waals surface area contributed by atoms with Gasteiger partial charge in [0.2, 0.25) is 0 Å². The molecule has 0 aliphatic rings. The molecule has 0 saturated heterocycles. The molecule has 27 heavy (non-hydrogen) atoms. The van der Waals surface area contributed by atoms with Crippen LogP contribution in [-0.4, -0.2) is 26.0 Å². The maximum absolute atomic E-state index is 12.8. The number of benzene rings is 2. The number of nitrogens with two attached hydrogens (primary N) is 1. The van der Waals surface area contributed by atoms with Crippen LogP contribution in [0.1, 0.15) is 20.8 Å². The van der Waals surface area contributed by atoms with E-state index < -0.39 is 11.5 Å². The number of nitrogens with one attached hydrogen (secondary N) is 1. The zero-order chi connectivity index (χ0) is 19.1. The predicted molar refractivity (Wildman–Crippen MR) is 101 cm³/mol. The monoisotopic (exact) mass is 361 g/mol. The number of hydrogen-bond acceptors (Lipinski definition) is 4. The molecule has 0 aliphatic heterocycles. The minimum absolute atomic E-state index is 0.00982. The van der Waals surface area contributed by atoms with Crippen LogP contribution in [0.25, 0.3) is 16.6 Å². The van der Waals surface area contributed by atoms with Crippen molar-refractivity contribution >= 4 is 34.1 Å². The van der Waals surface area contributed by atoms with Crippen LogP contribution < -0.4 is 16.6 Å². The van der Waals surface area contributed by atoms with Gasteiger partial charge in [0.1, 0.15) is 5.65 Å². The summed E-state index contributed by atoms with van der Waals surface area (Å²) < 4.78 is 2.87. The van der Waals surface area contributed by atoms with Crippen LogP contribution in [0.4, 0.5) is 5.69 Å². The molecular formula is C19H15N5O3. The van der Waals surface area contributed by atoms with E-state index in [0.29, 0.717) is 27.8 Å². The first-order valence-corrected chi connectivity index (χ1v) is 8.14. The van der Waals surface area contributed by atoms with Crippen LogP contribution in [0.2, 0.25) is 0 Å². The van der Waals surface area contributed by atoms with Crippen LogP contribution in [0.15, 0.2) is 59.4 Å². The first-order chi connectivity index (χ1) is 13.0. The molecular weight excluding hydrogens is 346 g/mol. The molecule has 3 N–H and O–H groups in total. The molecule has 8 heteroatoms. The molecule has 0 bridgehead atoms. The largest absolute Gasteiger partial charge is 0.364 e. The Kier molecular flexibility index (Phi) is 3.73. The fourth-order valence-electron chi connectivity index (χ4n) is 2.99. The van der Waals surface area contributed by atoms with Gasteiger partial charge in [0.25, 0.3) is 17.4 Å². The number of carbonyl (C=O) groups is 2. The Balaban J connectivity index is 1.83. The molecule has 0 fully saturated rings. The minimum Gasteiger partial charge on any atom is -0.364 e. The summed E-state index contributed by atoms with van der Waals surface area (Å²) >= 11 is 0. The van der Waals surface area contributed by atoms with E-state index >= 15 is 0 Å². The van der Waals surface area contributed by atoms with Crippen molar-refractivity contribution in [2.75, 3.05) is 5.32 Å². The highest BCUT2D eigenvalue weighted by molar-refractivity contribution is 6.05. The Morgan fingerprint density at radius 2 is 1.81 bits per heavy atom. The molecule has 0 saturated carbocycles. The molecule has 0 atom stereocenters. The van der Waals surface area contributed by atoms with Crippen molar-refractivity contribution in [3.8, 4) is 0 Å². The molecule has 4 aromatic rings. The lowest BCUT2D eigenvalue weighted by Gasteiger charge is -2.10. The number of aryl methyl sites for hydroxylation is 1. The van der Waals surface area contributed by atoms with Crippen molar-refractivity contribution in [3.05, 3.63) is 76.2 Å². The van der Waals surface area contributed by atoms with Gasteiger partial charge >= 0.3 is 0 Å². The number of nitrogens with zero attached hydrogens (tertiary/aromatic N) is 3. The molecule has 2 amide bonds. The number of hydrogen-bond donors (Lipinski definition) is 2. The fourth-order valence-corrected chi connectivity index (χ4v) is 2.99. The topological polar surface area (TPSA) is 111 Å². The summed E-state index contributed by atoms with van der Waals surface area (Å²) in [5, 5.41) is 7.12. The summed E-state index contributed by atoms with van der Waals surface area (Å²) in [6, 6.07) is 15.3. The van der Waals surface area contributed by atoms with E-state index in [1.165, 1.54) is 6.07 Å². The number of rotatable bonds is 3. The van der Waals surface area contributed by atoms with Gasteiger partial charge in [0.15, 0.2) is 5.69 Å². The van der Waals surface area contributed by atoms with Crippen molar-refractivity contribution < 1.29 is 9.59 Å². The second kappa shape index (κ2) is 6.10. The normalized spacial score (nSPS) is 11.0. The molecule has 2 heterocycles. The zero-order valence-corrected chi connectivity index (χ0v) is 14.3. The number of anilines is 1. The van der Waals surface area contributed by atoms with Gasteiger partial charge in [0, 0.05) is 24.4 Å². The number of aromatic nitrogens is 3. The number of fused-ring (bicyclic) bond motifs is 2. The Hall–Kier alpha value is -3.94. The number of primary amides is 1. The maximum atomic E-state index is 12.8. The van der Waals surface area contributed by atoms with Gasteiger partial charge in [0.05, 0.1) is 10.9 Å². The van der Waals surface area contributed by atoms with Gasteiger partial charge in [-0.25, -0.2) is 0 Å². The number of amides is 2. The number of carbonyl (C=O) groups excluding carboxylic acids is 2. The highest BCUT2D eigenvalue weighted by Crippen LogP contribution is 2.19. The molecule has 0 aliphatic carbocycles. The molecule has 4 rings (SSSR count). The molecule has 2 aromatic carbocycles. The lowest BCUT2D eigenvalue weighted by molar-refractivity contribution is 0.0993. The van der Waals surface area contributed by atoms with Gasteiger partial charge in [-0.1, -0.05) is 18.2 Å². The molecule has 134 valence electrons. The Morgan fingerprint density at radius 3 is 2.52 bits per heavy atom. The second-order valence-electron chi connectivity index (χ2n) is 6.08. The van der Waals surface area contributed by atoms with Crippen LogP contribution in [-0.2, 0) is 7.05 Å². The first kappa shape index (κ1) is 16.5. The summed E-state index contributed by atoms with van der Waals surface area (Å²) in [5.74, 6) is -0.985. The van der Waals surface area contributed by atoms with Gasteiger partial charge in [-0.15, -0.1) is 0 Å². The lowest BCUT2D eigenvalue weighted by Crippen LogP contribution is -2.20. The quantitative estimate of drug-likeness (QED) is 0.576. The smallest absolute Gasteiger partial charge is 0.282 e. The van der Waals surface area contributed by atoms with Gasteiger partial charge in [-0.3, -0.25) is 14.4 Å². The molecule has 0 unspecified atom stereocenters. The van der Waals surface area contributed by atoms with Crippen LogP contribution in [0, 0.1) is 0 Å². The van der Waals surface area contributed by atoms with Crippen LogP contribution >= 0.6 is 0 Å². The van der Waals surface area contributed by atoms with Crippen molar-refractivity contribution in [2.24, 2.45) is 12.8 Å². The van der Waals surface area contributed by atoms with E-state index in [9.17, 15) is 14.4 Å². The molecule has 8 nitrogen and oxygen atoms in total.